The Bertz CT molecular complexity index is 292. The molecule has 1 amide bonds. The largest absolute Gasteiger partial charge is 0.337 e. The number of hydrogen-bond donors (Lipinski definition) is 1. The second-order valence-electron chi connectivity index (χ2n) is 3.30. The maximum absolute atomic E-state index is 11.3. The first-order chi connectivity index (χ1) is 6.11. The highest BCUT2D eigenvalue weighted by Gasteiger charge is 2.08. The van der Waals surface area contributed by atoms with Crippen molar-refractivity contribution in [1.82, 2.24) is 9.88 Å². The number of nitrogens with one attached hydrogen (secondary N) is 1. The highest BCUT2D eigenvalue weighted by atomic mass is 16.3. The fourth-order valence-corrected chi connectivity index (χ4v) is 0.910. The van der Waals surface area contributed by atoms with Crippen molar-refractivity contribution in [1.29, 1.82) is 0 Å². The Balaban J connectivity index is 2.54. The minimum Gasteiger partial charge on any atom is -0.337 e. The predicted molar refractivity (Wildman–Crippen MR) is 48.2 cm³/mol. The third-order valence-corrected chi connectivity index (χ3v) is 1.59. The van der Waals surface area contributed by atoms with E-state index in [-0.39, 0.29) is 11.9 Å². The van der Waals surface area contributed by atoms with Gasteiger partial charge in [-0.3, -0.25) is 5.11 Å². The zero-order valence-electron chi connectivity index (χ0n) is 7.78. The molecule has 1 rings (SSSR count). The molecule has 13 heavy (non-hydrogen) atoms. The van der Waals surface area contributed by atoms with Crippen LogP contribution in [0, 0.1) is 5.92 Å². The van der Waals surface area contributed by atoms with Gasteiger partial charge in [0.1, 0.15) is 0 Å². The molecule has 0 spiro atoms. The monoisotopic (exact) mass is 181 g/mol. The Morgan fingerprint density at radius 3 is 2.77 bits per heavy atom. The Labute approximate surface area is 77.2 Å². The van der Waals surface area contributed by atoms with Crippen molar-refractivity contribution in [3.63, 3.8) is 0 Å². The Morgan fingerprint density at radius 1 is 1.62 bits per heavy atom. The van der Waals surface area contributed by atoms with Crippen LogP contribution >= 0.6 is 0 Å². The van der Waals surface area contributed by atoms with Crippen LogP contribution in [0.2, 0.25) is 0 Å². The summed E-state index contributed by atoms with van der Waals surface area (Å²) in [5.74, 6) is 0.0934. The van der Waals surface area contributed by atoms with Crippen molar-refractivity contribution in [2.75, 3.05) is 6.54 Å². The van der Waals surface area contributed by atoms with Crippen molar-refractivity contribution in [2.45, 2.75) is 13.8 Å². The van der Waals surface area contributed by atoms with E-state index in [1.165, 1.54) is 12.3 Å². The van der Waals surface area contributed by atoms with Crippen LogP contribution in [-0.2, 0) is 5.11 Å². The molecule has 0 aromatic carbocycles. The van der Waals surface area contributed by atoms with Crippen molar-refractivity contribution in [3.8, 4) is 5.88 Å². The standard InChI is InChI=1S/C9H13N2O2/c1-7(2)6-10-9(13)11-5-3-4-8(11)12/h3-5,7H,6H2,1-2H3,(H,10,13). The zero-order chi connectivity index (χ0) is 9.84. The van der Waals surface area contributed by atoms with Gasteiger partial charge in [0, 0.05) is 18.8 Å². The number of rotatable bonds is 2. The van der Waals surface area contributed by atoms with E-state index in [0.29, 0.717) is 12.5 Å². The van der Waals surface area contributed by atoms with Gasteiger partial charge in [0.2, 0.25) is 0 Å². The number of carbonyl (C=O) groups is 1. The molecule has 0 unspecified atom stereocenters. The number of nitrogens with zero attached hydrogens (tertiary/aromatic N) is 1. The van der Waals surface area contributed by atoms with E-state index in [4.69, 9.17) is 0 Å². The SMILES string of the molecule is CC(C)CNC(=O)n1cccc1[O]. The first kappa shape index (κ1) is 9.64. The highest BCUT2D eigenvalue weighted by molar-refractivity contribution is 5.78. The molecule has 0 fully saturated rings. The fraction of sp³-hybridized carbons (Fsp3) is 0.444. The minimum absolute atomic E-state index is 0.291. The van der Waals surface area contributed by atoms with Crippen LogP contribution in [0.1, 0.15) is 13.8 Å². The Morgan fingerprint density at radius 2 is 2.31 bits per heavy atom. The van der Waals surface area contributed by atoms with Crippen LogP contribution in [-0.4, -0.2) is 17.1 Å². The van der Waals surface area contributed by atoms with E-state index in [9.17, 15) is 9.90 Å². The highest BCUT2D eigenvalue weighted by Crippen LogP contribution is 2.09. The van der Waals surface area contributed by atoms with Gasteiger partial charge in [0.05, 0.1) is 0 Å². The first-order valence-corrected chi connectivity index (χ1v) is 4.24. The summed E-state index contributed by atoms with van der Waals surface area (Å²) in [7, 11) is 0. The second-order valence-corrected chi connectivity index (χ2v) is 3.30. The van der Waals surface area contributed by atoms with Crippen LogP contribution in [0.5, 0.6) is 5.88 Å². The van der Waals surface area contributed by atoms with Gasteiger partial charge >= 0.3 is 6.03 Å². The van der Waals surface area contributed by atoms with Crippen LogP contribution in [0.25, 0.3) is 0 Å². The maximum atomic E-state index is 11.3. The molecule has 1 aromatic heterocycles. The summed E-state index contributed by atoms with van der Waals surface area (Å²) in [6, 6.07) is 2.55. The molecule has 0 saturated carbocycles. The van der Waals surface area contributed by atoms with Gasteiger partial charge in [-0.05, 0) is 12.0 Å². The van der Waals surface area contributed by atoms with E-state index in [1.54, 1.807) is 6.07 Å². The summed E-state index contributed by atoms with van der Waals surface area (Å²) in [6.45, 7) is 4.57. The number of carbonyl (C=O) groups excluding carboxylic acids is 1. The smallest absolute Gasteiger partial charge is 0.328 e. The zero-order valence-corrected chi connectivity index (χ0v) is 7.78. The molecule has 1 heterocycles. The topological polar surface area (TPSA) is 53.9 Å². The summed E-state index contributed by atoms with van der Waals surface area (Å²) in [4.78, 5) is 11.3. The molecule has 0 aliphatic rings. The summed E-state index contributed by atoms with van der Waals surface area (Å²) >= 11 is 0. The van der Waals surface area contributed by atoms with Gasteiger partial charge in [-0.2, -0.15) is 0 Å². The molecule has 4 nitrogen and oxygen atoms in total. The van der Waals surface area contributed by atoms with Gasteiger partial charge < -0.3 is 5.32 Å². The van der Waals surface area contributed by atoms with E-state index in [2.05, 4.69) is 5.32 Å². The summed E-state index contributed by atoms with van der Waals surface area (Å²) in [5, 5.41) is 13.7. The fourth-order valence-electron chi connectivity index (χ4n) is 0.910. The molecule has 0 aliphatic carbocycles. The average Bonchev–Trinajstić information content (AvgIpc) is 2.47. The van der Waals surface area contributed by atoms with Crippen LogP contribution in [0.15, 0.2) is 18.3 Å². The lowest BCUT2D eigenvalue weighted by atomic mass is 10.2. The number of amides is 1. The normalized spacial score (nSPS) is 10.4. The van der Waals surface area contributed by atoms with Crippen molar-refractivity contribution < 1.29 is 9.90 Å². The molecule has 1 N–H and O–H groups in total. The van der Waals surface area contributed by atoms with Gasteiger partial charge in [0.15, 0.2) is 0 Å². The molecule has 0 saturated heterocycles. The summed E-state index contributed by atoms with van der Waals surface area (Å²) in [5.41, 5.74) is 0. The van der Waals surface area contributed by atoms with Crippen molar-refractivity contribution in [3.05, 3.63) is 18.3 Å². The third-order valence-electron chi connectivity index (χ3n) is 1.59. The van der Waals surface area contributed by atoms with E-state index in [0.717, 1.165) is 4.57 Å². The van der Waals surface area contributed by atoms with E-state index >= 15 is 0 Å². The maximum Gasteiger partial charge on any atom is 0.328 e. The molecule has 1 aromatic rings. The third kappa shape index (κ3) is 2.50. The molecule has 4 heteroatoms. The van der Waals surface area contributed by atoms with Crippen LogP contribution < -0.4 is 5.32 Å². The van der Waals surface area contributed by atoms with Crippen LogP contribution in [0.4, 0.5) is 4.79 Å². The van der Waals surface area contributed by atoms with E-state index in [1.807, 2.05) is 13.8 Å². The molecule has 0 bridgehead atoms. The molecule has 0 aliphatic heterocycles. The molecular formula is C9H13N2O2. The van der Waals surface area contributed by atoms with Gasteiger partial charge in [-0.1, -0.05) is 13.8 Å². The van der Waals surface area contributed by atoms with Crippen molar-refractivity contribution in [2.24, 2.45) is 5.92 Å². The molecule has 0 atom stereocenters. The van der Waals surface area contributed by atoms with Crippen LogP contribution in [0.3, 0.4) is 0 Å². The number of aromatic nitrogens is 1. The molecule has 71 valence electrons. The van der Waals surface area contributed by atoms with Gasteiger partial charge in [-0.25, -0.2) is 9.36 Å². The van der Waals surface area contributed by atoms with Gasteiger partial charge in [0.25, 0.3) is 5.88 Å². The first-order valence-electron chi connectivity index (χ1n) is 4.24. The van der Waals surface area contributed by atoms with Gasteiger partial charge in [-0.15, -0.1) is 0 Å². The number of hydrogen-bond acceptors (Lipinski definition) is 1. The minimum atomic E-state index is -0.358. The lowest BCUT2D eigenvalue weighted by Gasteiger charge is -2.07. The second kappa shape index (κ2) is 3.98. The van der Waals surface area contributed by atoms with Crippen molar-refractivity contribution >= 4 is 6.03 Å². The molecular weight excluding hydrogens is 168 g/mol. The summed E-state index contributed by atoms with van der Waals surface area (Å²) < 4.78 is 1.06. The van der Waals surface area contributed by atoms with E-state index < -0.39 is 0 Å². The Hall–Kier alpha value is -1.45. The Kier molecular flexibility index (Phi) is 2.95. The lowest BCUT2D eigenvalue weighted by Crippen LogP contribution is -2.30. The average molecular weight is 181 g/mol. The predicted octanol–water partition coefficient (Wildman–Crippen LogP) is 1.85. The molecule has 1 radical (unpaired) electrons. The summed E-state index contributed by atoms with van der Waals surface area (Å²) in [6.07, 6.45) is 1.46. The quantitative estimate of drug-likeness (QED) is 0.743. The lowest BCUT2D eigenvalue weighted by molar-refractivity contribution is 0.234.